The first kappa shape index (κ1) is 19.5. The van der Waals surface area contributed by atoms with E-state index in [0.29, 0.717) is 11.7 Å². The molecule has 0 spiro atoms. The highest BCUT2D eigenvalue weighted by Crippen LogP contribution is 2.35. The second-order valence-corrected chi connectivity index (χ2v) is 9.36. The van der Waals surface area contributed by atoms with Crippen LogP contribution >= 0.6 is 11.8 Å². The highest BCUT2D eigenvalue weighted by atomic mass is 32.2. The number of hydrogen-bond donors (Lipinski definition) is 2. The van der Waals surface area contributed by atoms with Crippen molar-refractivity contribution in [1.82, 2.24) is 15.1 Å². The lowest BCUT2D eigenvalue weighted by Gasteiger charge is -2.22. The fourth-order valence-electron chi connectivity index (χ4n) is 4.13. The minimum atomic E-state index is -0.140. The molecule has 1 saturated heterocycles. The summed E-state index contributed by atoms with van der Waals surface area (Å²) in [5.41, 5.74) is 2.45. The van der Waals surface area contributed by atoms with Gasteiger partial charge < -0.3 is 10.6 Å². The Labute approximate surface area is 171 Å². The number of nitrogens with zero attached hydrogens (tertiary/aromatic N) is 2. The zero-order valence-corrected chi connectivity index (χ0v) is 17.4. The molecule has 1 amide bonds. The average Bonchev–Trinajstić information content (AvgIpc) is 3.22. The van der Waals surface area contributed by atoms with Gasteiger partial charge in [0.1, 0.15) is 0 Å². The summed E-state index contributed by atoms with van der Waals surface area (Å²) in [5, 5.41) is 11.7. The number of piperidine rings is 1. The van der Waals surface area contributed by atoms with Crippen molar-refractivity contribution in [3.63, 3.8) is 0 Å². The summed E-state index contributed by atoms with van der Waals surface area (Å²) in [5.74, 6) is -0.140. The van der Waals surface area contributed by atoms with Gasteiger partial charge in [0.05, 0.1) is 6.04 Å². The standard InChI is InChI=1S/C22H30N4OS/c1-16-14-19(28-18-7-3-2-4-8-18)9-10-20(16)24-22(27)21-11-13-26(25-21)17-6-5-12-23-15-17/h9-11,13-14,17-18,23H,2-8,12,15H2,1H3,(H,24,27). The SMILES string of the molecule is Cc1cc(SC2CCCCC2)ccc1NC(=O)c1ccn(C2CCCNC2)n1. The summed E-state index contributed by atoms with van der Waals surface area (Å²) >= 11 is 1.99. The zero-order valence-electron chi connectivity index (χ0n) is 16.6. The van der Waals surface area contributed by atoms with Crippen molar-refractivity contribution < 1.29 is 4.79 Å². The van der Waals surface area contributed by atoms with Crippen molar-refractivity contribution >= 4 is 23.4 Å². The van der Waals surface area contributed by atoms with E-state index in [2.05, 4.69) is 34.8 Å². The largest absolute Gasteiger partial charge is 0.320 e. The molecule has 1 saturated carbocycles. The molecule has 2 fully saturated rings. The molecule has 28 heavy (non-hydrogen) atoms. The van der Waals surface area contributed by atoms with Gasteiger partial charge in [-0.1, -0.05) is 19.3 Å². The van der Waals surface area contributed by atoms with Crippen LogP contribution in [0.5, 0.6) is 0 Å². The number of rotatable bonds is 5. The number of benzene rings is 1. The molecule has 2 heterocycles. The topological polar surface area (TPSA) is 59.0 Å². The van der Waals surface area contributed by atoms with Crippen LogP contribution in [0.4, 0.5) is 5.69 Å². The van der Waals surface area contributed by atoms with Gasteiger partial charge in [-0.2, -0.15) is 5.10 Å². The van der Waals surface area contributed by atoms with Crippen LogP contribution in [-0.4, -0.2) is 34.0 Å². The average molecular weight is 399 g/mol. The molecule has 2 aliphatic rings. The minimum absolute atomic E-state index is 0.140. The fraction of sp³-hybridized carbons (Fsp3) is 0.545. The molecular weight excluding hydrogens is 368 g/mol. The summed E-state index contributed by atoms with van der Waals surface area (Å²) in [6.45, 7) is 4.05. The predicted octanol–water partition coefficient (Wildman–Crippen LogP) is 4.79. The van der Waals surface area contributed by atoms with Crippen LogP contribution in [0.1, 0.15) is 67.0 Å². The summed E-state index contributed by atoms with van der Waals surface area (Å²) in [6.07, 6.45) is 10.9. The maximum atomic E-state index is 12.7. The maximum Gasteiger partial charge on any atom is 0.276 e. The number of carbonyl (C=O) groups excluding carboxylic acids is 1. The first-order valence-corrected chi connectivity index (χ1v) is 11.4. The van der Waals surface area contributed by atoms with E-state index in [9.17, 15) is 4.79 Å². The van der Waals surface area contributed by atoms with Crippen molar-refractivity contribution in [2.45, 2.75) is 68.1 Å². The second kappa shape index (κ2) is 9.14. The highest BCUT2D eigenvalue weighted by Gasteiger charge is 2.19. The maximum absolute atomic E-state index is 12.7. The van der Waals surface area contributed by atoms with Crippen molar-refractivity contribution in [2.24, 2.45) is 0 Å². The molecule has 1 aromatic carbocycles. The zero-order chi connectivity index (χ0) is 19.3. The van der Waals surface area contributed by atoms with E-state index in [0.717, 1.165) is 42.4 Å². The molecule has 1 aliphatic heterocycles. The van der Waals surface area contributed by atoms with Crippen LogP contribution in [0, 0.1) is 6.92 Å². The quantitative estimate of drug-likeness (QED) is 0.760. The van der Waals surface area contributed by atoms with Crippen LogP contribution in [-0.2, 0) is 0 Å². The van der Waals surface area contributed by atoms with Crippen LogP contribution < -0.4 is 10.6 Å². The summed E-state index contributed by atoms with van der Waals surface area (Å²) in [4.78, 5) is 14.0. The number of thioether (sulfide) groups is 1. The molecule has 0 radical (unpaired) electrons. The third-order valence-electron chi connectivity index (χ3n) is 5.79. The minimum Gasteiger partial charge on any atom is -0.320 e. The molecule has 4 rings (SSSR count). The lowest BCUT2D eigenvalue weighted by molar-refractivity contribution is 0.102. The first-order chi connectivity index (χ1) is 13.7. The normalized spacial score (nSPS) is 20.8. The van der Waals surface area contributed by atoms with Crippen LogP contribution in [0.2, 0.25) is 0 Å². The number of hydrogen-bond acceptors (Lipinski definition) is 4. The van der Waals surface area contributed by atoms with Crippen LogP contribution in [0.3, 0.4) is 0 Å². The van der Waals surface area contributed by atoms with Gasteiger partial charge >= 0.3 is 0 Å². The van der Waals surface area contributed by atoms with Crippen molar-refractivity contribution in [2.75, 3.05) is 18.4 Å². The van der Waals surface area contributed by atoms with E-state index in [-0.39, 0.29) is 5.91 Å². The second-order valence-electron chi connectivity index (χ2n) is 7.99. The Kier molecular flexibility index (Phi) is 6.37. The Balaban J connectivity index is 1.38. The summed E-state index contributed by atoms with van der Waals surface area (Å²) in [6, 6.07) is 8.51. The number of anilines is 1. The van der Waals surface area contributed by atoms with Gasteiger partial charge in [0.25, 0.3) is 5.91 Å². The van der Waals surface area contributed by atoms with Crippen molar-refractivity contribution in [3.05, 3.63) is 41.7 Å². The van der Waals surface area contributed by atoms with E-state index < -0.39 is 0 Å². The molecule has 0 bridgehead atoms. The molecule has 6 heteroatoms. The first-order valence-electron chi connectivity index (χ1n) is 10.5. The molecule has 5 nitrogen and oxygen atoms in total. The summed E-state index contributed by atoms with van der Waals surface area (Å²) < 4.78 is 1.93. The smallest absolute Gasteiger partial charge is 0.276 e. The third-order valence-corrected chi connectivity index (χ3v) is 7.12. The monoisotopic (exact) mass is 398 g/mol. The highest BCUT2D eigenvalue weighted by molar-refractivity contribution is 8.00. The van der Waals surface area contributed by atoms with E-state index >= 15 is 0 Å². The van der Waals surface area contributed by atoms with Gasteiger partial charge in [0, 0.05) is 28.6 Å². The molecular formula is C22H30N4OS. The molecule has 2 N–H and O–H groups in total. The molecule has 2 aromatic rings. The van der Waals surface area contributed by atoms with Gasteiger partial charge in [-0.3, -0.25) is 9.48 Å². The molecule has 1 atom stereocenters. The van der Waals surface area contributed by atoms with Gasteiger partial charge in [0.15, 0.2) is 5.69 Å². The Bertz CT molecular complexity index is 807. The Morgan fingerprint density at radius 2 is 2.04 bits per heavy atom. The van der Waals surface area contributed by atoms with Crippen molar-refractivity contribution in [1.29, 1.82) is 0 Å². The van der Waals surface area contributed by atoms with Crippen LogP contribution in [0.15, 0.2) is 35.4 Å². The Morgan fingerprint density at radius 3 is 2.79 bits per heavy atom. The number of nitrogens with one attached hydrogen (secondary N) is 2. The Hall–Kier alpha value is -1.79. The van der Waals surface area contributed by atoms with E-state index in [1.807, 2.05) is 34.8 Å². The van der Waals surface area contributed by atoms with Gasteiger partial charge in [-0.15, -0.1) is 11.8 Å². The summed E-state index contributed by atoms with van der Waals surface area (Å²) in [7, 11) is 0. The van der Waals surface area contributed by atoms with Crippen LogP contribution in [0.25, 0.3) is 0 Å². The predicted molar refractivity (Wildman–Crippen MR) is 115 cm³/mol. The number of amides is 1. The lowest BCUT2D eigenvalue weighted by atomic mass is 10.0. The lowest BCUT2D eigenvalue weighted by Crippen LogP contribution is -2.32. The van der Waals surface area contributed by atoms with Gasteiger partial charge in [-0.25, -0.2) is 0 Å². The van der Waals surface area contributed by atoms with E-state index in [1.54, 1.807) is 0 Å². The van der Waals surface area contributed by atoms with Gasteiger partial charge in [0.2, 0.25) is 0 Å². The molecule has 150 valence electrons. The molecule has 1 unspecified atom stereocenters. The van der Waals surface area contributed by atoms with Gasteiger partial charge in [-0.05, 0) is 69.0 Å². The Morgan fingerprint density at radius 1 is 1.18 bits per heavy atom. The fourth-order valence-corrected chi connectivity index (χ4v) is 5.48. The molecule has 1 aliphatic carbocycles. The third kappa shape index (κ3) is 4.78. The van der Waals surface area contributed by atoms with E-state index in [1.165, 1.54) is 37.0 Å². The number of aromatic nitrogens is 2. The number of aryl methyl sites for hydroxylation is 1. The van der Waals surface area contributed by atoms with Crippen molar-refractivity contribution in [3.8, 4) is 0 Å². The molecule has 1 aromatic heterocycles. The van der Waals surface area contributed by atoms with E-state index in [4.69, 9.17) is 0 Å². The number of carbonyl (C=O) groups is 1.